The summed E-state index contributed by atoms with van der Waals surface area (Å²) < 4.78 is 0. The summed E-state index contributed by atoms with van der Waals surface area (Å²) in [7, 11) is 1.55. The van der Waals surface area contributed by atoms with Crippen LogP contribution in [0, 0.1) is 13.8 Å². The molecular formula is C10H13NO2. The highest BCUT2D eigenvalue weighted by Crippen LogP contribution is 2.22. The van der Waals surface area contributed by atoms with Gasteiger partial charge in [-0.25, -0.2) is 4.79 Å². The summed E-state index contributed by atoms with van der Waals surface area (Å²) >= 11 is 0. The Kier molecular flexibility index (Phi) is 2.56. The van der Waals surface area contributed by atoms with Gasteiger partial charge < -0.3 is 5.11 Å². The highest BCUT2D eigenvalue weighted by Gasteiger charge is 2.12. The molecule has 0 aliphatic rings. The molecule has 0 radical (unpaired) electrons. The molecule has 0 heterocycles. The van der Waals surface area contributed by atoms with Gasteiger partial charge in [0.15, 0.2) is 0 Å². The summed E-state index contributed by atoms with van der Waals surface area (Å²) in [5.74, 6) is 0. The lowest BCUT2D eigenvalue weighted by molar-refractivity contribution is 0.203. The summed E-state index contributed by atoms with van der Waals surface area (Å²) in [4.78, 5) is 12.0. The second-order valence-electron chi connectivity index (χ2n) is 3.08. The molecule has 0 aliphatic carbocycles. The fourth-order valence-corrected chi connectivity index (χ4v) is 1.43. The molecule has 13 heavy (non-hydrogen) atoms. The van der Waals surface area contributed by atoms with Crippen molar-refractivity contribution in [2.75, 3.05) is 11.9 Å². The molecule has 0 unspecified atom stereocenters. The number of aryl methyl sites for hydroxylation is 2. The van der Waals surface area contributed by atoms with Crippen molar-refractivity contribution in [3.63, 3.8) is 0 Å². The molecule has 0 atom stereocenters. The standard InChI is InChI=1S/C10H13NO2/c1-7-5-4-6-8(2)9(7)11(3)10(12)13/h4-6H,1-3H3,(H,12,13). The molecular weight excluding hydrogens is 166 g/mol. The molecule has 0 saturated heterocycles. The number of nitrogens with zero attached hydrogens (tertiary/aromatic N) is 1. The van der Waals surface area contributed by atoms with Crippen molar-refractivity contribution in [3.8, 4) is 0 Å². The number of carboxylic acid groups (broad SMARTS) is 1. The predicted octanol–water partition coefficient (Wildman–Crippen LogP) is 2.42. The number of hydrogen-bond acceptors (Lipinski definition) is 1. The Morgan fingerprint density at radius 1 is 1.31 bits per heavy atom. The van der Waals surface area contributed by atoms with E-state index in [0.29, 0.717) is 0 Å². The fraction of sp³-hybridized carbons (Fsp3) is 0.300. The van der Waals surface area contributed by atoms with Crippen molar-refractivity contribution in [1.29, 1.82) is 0 Å². The van der Waals surface area contributed by atoms with Crippen molar-refractivity contribution in [3.05, 3.63) is 29.3 Å². The van der Waals surface area contributed by atoms with E-state index in [2.05, 4.69) is 0 Å². The van der Waals surface area contributed by atoms with Gasteiger partial charge >= 0.3 is 6.09 Å². The highest BCUT2D eigenvalue weighted by atomic mass is 16.4. The van der Waals surface area contributed by atoms with Gasteiger partial charge in [-0.05, 0) is 25.0 Å². The van der Waals surface area contributed by atoms with Crippen LogP contribution in [-0.4, -0.2) is 18.2 Å². The quantitative estimate of drug-likeness (QED) is 0.719. The number of anilines is 1. The first-order valence-electron chi connectivity index (χ1n) is 4.07. The second kappa shape index (κ2) is 3.47. The van der Waals surface area contributed by atoms with E-state index in [-0.39, 0.29) is 0 Å². The number of carbonyl (C=O) groups is 1. The zero-order valence-electron chi connectivity index (χ0n) is 8.03. The van der Waals surface area contributed by atoms with E-state index in [0.717, 1.165) is 16.8 Å². The van der Waals surface area contributed by atoms with Crippen LogP contribution in [0.3, 0.4) is 0 Å². The third-order valence-corrected chi connectivity index (χ3v) is 2.06. The van der Waals surface area contributed by atoms with E-state index < -0.39 is 6.09 Å². The summed E-state index contributed by atoms with van der Waals surface area (Å²) in [6.45, 7) is 3.81. The number of benzene rings is 1. The molecule has 3 heteroatoms. The lowest BCUT2D eigenvalue weighted by Gasteiger charge is -2.18. The first kappa shape index (κ1) is 9.58. The van der Waals surface area contributed by atoms with Crippen LogP contribution in [0.2, 0.25) is 0 Å². The Morgan fingerprint density at radius 2 is 1.77 bits per heavy atom. The van der Waals surface area contributed by atoms with Gasteiger partial charge in [0.1, 0.15) is 0 Å². The van der Waals surface area contributed by atoms with Crippen LogP contribution in [0.5, 0.6) is 0 Å². The SMILES string of the molecule is Cc1cccc(C)c1N(C)C(=O)O. The maximum atomic E-state index is 10.7. The first-order valence-corrected chi connectivity index (χ1v) is 4.07. The summed E-state index contributed by atoms with van der Waals surface area (Å²) in [6.07, 6.45) is -0.933. The van der Waals surface area contributed by atoms with Crippen molar-refractivity contribution < 1.29 is 9.90 Å². The lowest BCUT2D eigenvalue weighted by Crippen LogP contribution is -2.25. The molecule has 1 aromatic rings. The Morgan fingerprint density at radius 3 is 2.15 bits per heavy atom. The van der Waals surface area contributed by atoms with E-state index >= 15 is 0 Å². The van der Waals surface area contributed by atoms with Crippen LogP contribution >= 0.6 is 0 Å². The first-order chi connectivity index (χ1) is 6.04. The molecule has 3 nitrogen and oxygen atoms in total. The number of para-hydroxylation sites is 1. The van der Waals surface area contributed by atoms with E-state index in [4.69, 9.17) is 5.11 Å². The Balaban J connectivity index is 3.20. The van der Waals surface area contributed by atoms with Crippen LogP contribution in [-0.2, 0) is 0 Å². The van der Waals surface area contributed by atoms with Gasteiger partial charge in [-0.15, -0.1) is 0 Å². The predicted molar refractivity (Wildman–Crippen MR) is 52.3 cm³/mol. The minimum absolute atomic E-state index is 0.773. The highest BCUT2D eigenvalue weighted by molar-refractivity contribution is 5.87. The van der Waals surface area contributed by atoms with E-state index in [9.17, 15) is 4.79 Å². The Hall–Kier alpha value is -1.51. The summed E-state index contributed by atoms with van der Waals surface area (Å²) in [6, 6.07) is 5.73. The van der Waals surface area contributed by atoms with Crippen LogP contribution < -0.4 is 4.90 Å². The molecule has 0 bridgehead atoms. The molecule has 1 aromatic carbocycles. The van der Waals surface area contributed by atoms with Gasteiger partial charge in [0.05, 0.1) is 5.69 Å². The lowest BCUT2D eigenvalue weighted by atomic mass is 10.1. The molecule has 1 amide bonds. The normalized spacial score (nSPS) is 9.77. The molecule has 1 rings (SSSR count). The smallest absolute Gasteiger partial charge is 0.411 e. The maximum Gasteiger partial charge on any atom is 0.411 e. The van der Waals surface area contributed by atoms with Crippen LogP contribution in [0.15, 0.2) is 18.2 Å². The number of rotatable bonds is 1. The van der Waals surface area contributed by atoms with E-state index in [1.54, 1.807) is 7.05 Å². The second-order valence-corrected chi connectivity index (χ2v) is 3.08. The van der Waals surface area contributed by atoms with Gasteiger partial charge in [-0.2, -0.15) is 0 Å². The van der Waals surface area contributed by atoms with Crippen LogP contribution in [0.1, 0.15) is 11.1 Å². The van der Waals surface area contributed by atoms with Gasteiger partial charge in [0, 0.05) is 7.05 Å². The van der Waals surface area contributed by atoms with Crippen LogP contribution in [0.4, 0.5) is 10.5 Å². The molecule has 70 valence electrons. The zero-order chi connectivity index (χ0) is 10.0. The largest absolute Gasteiger partial charge is 0.465 e. The minimum Gasteiger partial charge on any atom is -0.465 e. The van der Waals surface area contributed by atoms with Crippen molar-refractivity contribution in [1.82, 2.24) is 0 Å². The van der Waals surface area contributed by atoms with Crippen molar-refractivity contribution in [2.24, 2.45) is 0 Å². The topological polar surface area (TPSA) is 40.5 Å². The molecule has 0 saturated carbocycles. The fourth-order valence-electron chi connectivity index (χ4n) is 1.43. The Labute approximate surface area is 77.6 Å². The van der Waals surface area contributed by atoms with Gasteiger partial charge in [0.2, 0.25) is 0 Å². The molecule has 0 fully saturated rings. The maximum absolute atomic E-state index is 10.7. The Bertz CT molecular complexity index is 313. The monoisotopic (exact) mass is 179 g/mol. The van der Waals surface area contributed by atoms with Crippen molar-refractivity contribution in [2.45, 2.75) is 13.8 Å². The van der Waals surface area contributed by atoms with E-state index in [1.165, 1.54) is 4.90 Å². The average molecular weight is 179 g/mol. The van der Waals surface area contributed by atoms with Crippen molar-refractivity contribution >= 4 is 11.8 Å². The summed E-state index contributed by atoms with van der Waals surface area (Å²) in [5, 5.41) is 8.81. The molecule has 0 spiro atoms. The van der Waals surface area contributed by atoms with E-state index in [1.807, 2.05) is 32.0 Å². The van der Waals surface area contributed by atoms with Gasteiger partial charge in [-0.1, -0.05) is 18.2 Å². The van der Waals surface area contributed by atoms with Gasteiger partial charge in [0.25, 0.3) is 0 Å². The average Bonchev–Trinajstić information content (AvgIpc) is 2.03. The number of amides is 1. The van der Waals surface area contributed by atoms with Gasteiger partial charge in [-0.3, -0.25) is 4.90 Å². The molecule has 1 N–H and O–H groups in total. The third kappa shape index (κ3) is 1.80. The zero-order valence-corrected chi connectivity index (χ0v) is 8.03. The molecule has 0 aromatic heterocycles. The van der Waals surface area contributed by atoms with Crippen LogP contribution in [0.25, 0.3) is 0 Å². The number of hydrogen-bond donors (Lipinski definition) is 1. The summed E-state index contributed by atoms with van der Waals surface area (Å²) in [5.41, 5.74) is 2.73. The molecule has 0 aliphatic heterocycles. The third-order valence-electron chi connectivity index (χ3n) is 2.06. The minimum atomic E-state index is -0.933.